The molecule has 16 heavy (non-hydrogen) atoms. The molecule has 1 rings (SSSR count). The highest BCUT2D eigenvalue weighted by atomic mass is 16.5. The van der Waals surface area contributed by atoms with Crippen LogP contribution in [-0.4, -0.2) is 59.7 Å². The first-order valence-electron chi connectivity index (χ1n) is 4.63. The van der Waals surface area contributed by atoms with Crippen LogP contribution in [0.4, 0.5) is 0 Å². The van der Waals surface area contributed by atoms with E-state index in [9.17, 15) is 9.59 Å². The molecule has 0 spiro atoms. The molecule has 0 aromatic carbocycles. The molecule has 0 amide bonds. The molecule has 7 heteroatoms. The van der Waals surface area contributed by atoms with Gasteiger partial charge in [-0.2, -0.15) is 0 Å². The van der Waals surface area contributed by atoms with E-state index in [-0.39, 0.29) is 12.7 Å². The third kappa shape index (κ3) is 9.13. The maximum atomic E-state index is 9.55. The number of hydrogen-bond acceptors (Lipinski definition) is 5. The second kappa shape index (κ2) is 8.84. The Kier molecular flexibility index (Phi) is 8.04. The van der Waals surface area contributed by atoms with Crippen LogP contribution < -0.4 is 5.32 Å². The fraction of sp³-hybridized carbons (Fsp3) is 0.556. The number of aliphatic carboxylic acids is 2. The highest BCUT2D eigenvalue weighted by molar-refractivity contribution is 5.89. The largest absolute Gasteiger partial charge is 0.478 e. The fourth-order valence-electron chi connectivity index (χ4n) is 0.880. The summed E-state index contributed by atoms with van der Waals surface area (Å²) in [7, 11) is 0. The van der Waals surface area contributed by atoms with Crippen molar-refractivity contribution in [2.24, 2.45) is 0 Å². The van der Waals surface area contributed by atoms with Gasteiger partial charge in [0.1, 0.15) is 0 Å². The Balaban J connectivity index is 0.000000281. The summed E-state index contributed by atoms with van der Waals surface area (Å²) in [5, 5.41) is 27.3. The van der Waals surface area contributed by atoms with Crippen LogP contribution in [0.3, 0.4) is 0 Å². The maximum absolute atomic E-state index is 9.55. The van der Waals surface area contributed by atoms with E-state index in [0.717, 1.165) is 19.7 Å². The molecule has 4 N–H and O–H groups in total. The van der Waals surface area contributed by atoms with Crippen LogP contribution in [0.1, 0.15) is 0 Å². The Morgan fingerprint density at radius 3 is 2.12 bits per heavy atom. The molecule has 0 aromatic heterocycles. The second-order valence-electron chi connectivity index (χ2n) is 2.89. The van der Waals surface area contributed by atoms with Gasteiger partial charge in [0.25, 0.3) is 0 Å². The van der Waals surface area contributed by atoms with Crippen molar-refractivity contribution in [2.45, 2.75) is 6.10 Å². The predicted molar refractivity (Wildman–Crippen MR) is 54.1 cm³/mol. The predicted octanol–water partition coefficient (Wildman–Crippen LogP) is -1.32. The lowest BCUT2D eigenvalue weighted by Gasteiger charge is -2.21. The lowest BCUT2D eigenvalue weighted by molar-refractivity contribution is -0.134. The summed E-state index contributed by atoms with van der Waals surface area (Å²) >= 11 is 0. The van der Waals surface area contributed by atoms with E-state index < -0.39 is 11.9 Å². The minimum atomic E-state index is -1.26. The number of morpholine rings is 1. The number of carbonyl (C=O) groups is 2. The van der Waals surface area contributed by atoms with Gasteiger partial charge in [-0.15, -0.1) is 0 Å². The molecule has 0 radical (unpaired) electrons. The molecule has 1 aliphatic rings. The molecule has 1 atom stereocenters. The average Bonchev–Trinajstić information content (AvgIpc) is 2.28. The van der Waals surface area contributed by atoms with Crippen molar-refractivity contribution in [3.8, 4) is 0 Å². The van der Waals surface area contributed by atoms with Crippen molar-refractivity contribution in [3.63, 3.8) is 0 Å². The van der Waals surface area contributed by atoms with Crippen LogP contribution in [0.25, 0.3) is 0 Å². The van der Waals surface area contributed by atoms with E-state index in [2.05, 4.69) is 5.32 Å². The van der Waals surface area contributed by atoms with Gasteiger partial charge in [0, 0.05) is 25.2 Å². The van der Waals surface area contributed by atoms with Gasteiger partial charge in [0.15, 0.2) is 0 Å². The van der Waals surface area contributed by atoms with Gasteiger partial charge >= 0.3 is 11.9 Å². The summed E-state index contributed by atoms with van der Waals surface area (Å²) in [6.07, 6.45) is 1.15. The summed E-state index contributed by atoms with van der Waals surface area (Å²) in [4.78, 5) is 19.1. The van der Waals surface area contributed by atoms with Crippen molar-refractivity contribution in [3.05, 3.63) is 12.2 Å². The number of aliphatic hydroxyl groups is 1. The van der Waals surface area contributed by atoms with Gasteiger partial charge in [-0.05, 0) is 0 Å². The number of hydrogen-bond donors (Lipinski definition) is 4. The lowest BCUT2D eigenvalue weighted by Crippen LogP contribution is -2.40. The third-order valence-corrected chi connectivity index (χ3v) is 1.58. The molecule has 1 aliphatic heterocycles. The molecule has 1 fully saturated rings. The van der Waals surface area contributed by atoms with Gasteiger partial charge in [-0.3, -0.25) is 0 Å². The smallest absolute Gasteiger partial charge is 0.328 e. The Bertz CT molecular complexity index is 230. The molecule has 0 bridgehead atoms. The zero-order valence-electron chi connectivity index (χ0n) is 8.63. The van der Waals surface area contributed by atoms with E-state index in [4.69, 9.17) is 20.1 Å². The fourth-order valence-corrected chi connectivity index (χ4v) is 0.880. The monoisotopic (exact) mass is 233 g/mol. The second-order valence-corrected chi connectivity index (χ2v) is 2.89. The van der Waals surface area contributed by atoms with Crippen LogP contribution in [0.5, 0.6) is 0 Å². The average molecular weight is 233 g/mol. The van der Waals surface area contributed by atoms with Gasteiger partial charge < -0.3 is 25.4 Å². The first-order valence-corrected chi connectivity index (χ1v) is 4.63. The molecule has 1 saturated heterocycles. The highest BCUT2D eigenvalue weighted by Gasteiger charge is 2.10. The first-order chi connectivity index (χ1) is 7.56. The summed E-state index contributed by atoms with van der Waals surface area (Å²) in [6.45, 7) is 2.56. The van der Waals surface area contributed by atoms with Gasteiger partial charge in [0.05, 0.1) is 19.3 Å². The molecule has 0 aliphatic carbocycles. The minimum Gasteiger partial charge on any atom is -0.478 e. The Hall–Kier alpha value is -1.44. The van der Waals surface area contributed by atoms with Gasteiger partial charge in [0.2, 0.25) is 0 Å². The summed E-state index contributed by atoms with van der Waals surface area (Å²) < 4.78 is 5.11. The Morgan fingerprint density at radius 2 is 1.88 bits per heavy atom. The van der Waals surface area contributed by atoms with E-state index in [1.54, 1.807) is 0 Å². The molecular formula is C9H15NO6. The molecule has 1 unspecified atom stereocenters. The molecule has 0 saturated carbocycles. The zero-order valence-corrected chi connectivity index (χ0v) is 8.63. The van der Waals surface area contributed by atoms with E-state index in [1.807, 2.05) is 0 Å². The van der Waals surface area contributed by atoms with E-state index in [0.29, 0.717) is 12.2 Å². The molecule has 92 valence electrons. The van der Waals surface area contributed by atoms with E-state index >= 15 is 0 Å². The molecule has 0 aromatic rings. The van der Waals surface area contributed by atoms with Crippen molar-refractivity contribution in [1.29, 1.82) is 0 Å². The number of aliphatic hydroxyl groups excluding tert-OH is 1. The topological polar surface area (TPSA) is 116 Å². The number of nitrogens with one attached hydrogen (secondary N) is 1. The minimum absolute atomic E-state index is 0.0312. The van der Waals surface area contributed by atoms with Crippen LogP contribution >= 0.6 is 0 Å². The first kappa shape index (κ1) is 14.6. The number of ether oxygens (including phenoxy) is 1. The summed E-state index contributed by atoms with van der Waals surface area (Å²) in [5.41, 5.74) is 0. The number of carboxylic acid groups (broad SMARTS) is 2. The quantitative estimate of drug-likeness (QED) is 0.447. The molecular weight excluding hydrogens is 218 g/mol. The third-order valence-electron chi connectivity index (χ3n) is 1.58. The van der Waals surface area contributed by atoms with E-state index in [1.165, 1.54) is 0 Å². The number of rotatable bonds is 3. The van der Waals surface area contributed by atoms with Crippen molar-refractivity contribution < 1.29 is 29.6 Å². The molecule has 1 heterocycles. The lowest BCUT2D eigenvalue weighted by atomic mass is 10.3. The summed E-state index contributed by atoms with van der Waals surface area (Å²) in [5.74, 6) is -2.51. The maximum Gasteiger partial charge on any atom is 0.328 e. The zero-order chi connectivity index (χ0) is 12.4. The van der Waals surface area contributed by atoms with Crippen molar-refractivity contribution >= 4 is 11.9 Å². The van der Waals surface area contributed by atoms with Crippen LogP contribution in [0.2, 0.25) is 0 Å². The number of carboxylic acids is 2. The summed E-state index contributed by atoms with van der Waals surface area (Å²) in [6, 6.07) is 0. The van der Waals surface area contributed by atoms with Gasteiger partial charge in [-0.1, -0.05) is 0 Å². The molecule has 7 nitrogen and oxygen atoms in total. The van der Waals surface area contributed by atoms with Gasteiger partial charge in [-0.25, -0.2) is 9.59 Å². The van der Waals surface area contributed by atoms with Crippen LogP contribution in [-0.2, 0) is 14.3 Å². The Morgan fingerprint density at radius 1 is 1.31 bits per heavy atom. The van der Waals surface area contributed by atoms with Crippen LogP contribution in [0, 0.1) is 0 Å². The standard InChI is InChI=1S/C5H11NO2.C4H4O4/c7-4-5-3-6-1-2-8-5;5-3(6)1-2-4(7)8/h5-7H,1-4H2;1-2H,(H,5,6)(H,7,8)/b;2-1+. The highest BCUT2D eigenvalue weighted by Crippen LogP contribution is 1.92. The van der Waals surface area contributed by atoms with Crippen molar-refractivity contribution in [1.82, 2.24) is 5.32 Å². The SMILES string of the molecule is O=C(O)/C=C/C(=O)O.OCC1CNCCO1. The van der Waals surface area contributed by atoms with Crippen LogP contribution in [0.15, 0.2) is 12.2 Å². The normalized spacial score (nSPS) is 19.9. The van der Waals surface area contributed by atoms with Crippen molar-refractivity contribution in [2.75, 3.05) is 26.3 Å². The Labute approximate surface area is 92.3 Å².